The summed E-state index contributed by atoms with van der Waals surface area (Å²) in [6.07, 6.45) is 96.4. The maximum absolute atomic E-state index is 12.5. The zero-order chi connectivity index (χ0) is 50.6. The molecule has 0 aromatic carbocycles. The molecule has 0 aromatic heterocycles. The topological polar surface area (TPSA) is 69.6 Å². The van der Waals surface area contributed by atoms with Gasteiger partial charge in [0.15, 0.2) is 0 Å². The van der Waals surface area contributed by atoms with Crippen molar-refractivity contribution >= 4 is 5.91 Å². The molecular formula is C66H105NO3. The van der Waals surface area contributed by atoms with Crippen LogP contribution in [-0.4, -0.2) is 34.9 Å². The predicted molar refractivity (Wildman–Crippen MR) is 312 cm³/mol. The first kappa shape index (κ1) is 65.8. The number of unbranched alkanes of at least 4 members (excludes halogenated alkanes) is 16. The van der Waals surface area contributed by atoms with Crippen molar-refractivity contribution in [1.29, 1.82) is 0 Å². The van der Waals surface area contributed by atoms with Gasteiger partial charge in [-0.2, -0.15) is 0 Å². The fourth-order valence-corrected chi connectivity index (χ4v) is 7.39. The second-order valence-corrected chi connectivity index (χ2v) is 18.2. The van der Waals surface area contributed by atoms with Crippen LogP contribution in [0, 0.1) is 0 Å². The van der Waals surface area contributed by atoms with E-state index in [1.807, 2.05) is 6.08 Å². The SMILES string of the molecule is CC/C=C\C/C=C\C/C=C\C/C=C\C/C=C\C/C=C\C/C=C\C/C=C\C/C=C\C/C=C\C/C=C\CCCCCCCC(=O)NC(CO)C(O)/C=C/CC/C=C/CC/C=C/CCCCCCCCCCC. The van der Waals surface area contributed by atoms with Crippen LogP contribution in [0.25, 0.3) is 0 Å². The Morgan fingerprint density at radius 2 is 0.643 bits per heavy atom. The van der Waals surface area contributed by atoms with Crippen LogP contribution in [-0.2, 0) is 4.79 Å². The quantitative estimate of drug-likeness (QED) is 0.0420. The van der Waals surface area contributed by atoms with Crippen LogP contribution >= 0.6 is 0 Å². The Morgan fingerprint density at radius 1 is 0.357 bits per heavy atom. The van der Waals surface area contributed by atoms with Gasteiger partial charge in [-0.25, -0.2) is 0 Å². The number of carbonyl (C=O) groups is 1. The van der Waals surface area contributed by atoms with Gasteiger partial charge >= 0.3 is 0 Å². The van der Waals surface area contributed by atoms with E-state index in [2.05, 4.69) is 177 Å². The highest BCUT2D eigenvalue weighted by atomic mass is 16.3. The molecule has 2 unspecified atom stereocenters. The first-order valence-electron chi connectivity index (χ1n) is 28.3. The van der Waals surface area contributed by atoms with Crippen LogP contribution in [0.2, 0.25) is 0 Å². The fraction of sp³-hybridized carbons (Fsp3) is 0.561. The minimum Gasteiger partial charge on any atom is -0.394 e. The largest absolute Gasteiger partial charge is 0.394 e. The third-order valence-corrected chi connectivity index (χ3v) is 11.7. The van der Waals surface area contributed by atoms with Crippen molar-refractivity contribution in [3.63, 3.8) is 0 Å². The van der Waals surface area contributed by atoms with Crippen molar-refractivity contribution in [2.24, 2.45) is 0 Å². The summed E-state index contributed by atoms with van der Waals surface area (Å²) in [5, 5.41) is 23.1. The van der Waals surface area contributed by atoms with E-state index in [1.54, 1.807) is 6.08 Å². The summed E-state index contributed by atoms with van der Waals surface area (Å²) in [7, 11) is 0. The van der Waals surface area contributed by atoms with Gasteiger partial charge in [-0.05, 0) is 128 Å². The van der Waals surface area contributed by atoms with E-state index in [0.29, 0.717) is 6.42 Å². The summed E-state index contributed by atoms with van der Waals surface area (Å²) in [6.45, 7) is 4.16. The highest BCUT2D eigenvalue weighted by Crippen LogP contribution is 2.12. The van der Waals surface area contributed by atoms with Crippen molar-refractivity contribution in [1.82, 2.24) is 5.32 Å². The van der Waals surface area contributed by atoms with Gasteiger partial charge in [-0.1, -0.05) is 255 Å². The molecule has 0 saturated carbocycles. The van der Waals surface area contributed by atoms with E-state index in [9.17, 15) is 15.0 Å². The lowest BCUT2D eigenvalue weighted by Gasteiger charge is -2.19. The lowest BCUT2D eigenvalue weighted by Crippen LogP contribution is -2.45. The third-order valence-electron chi connectivity index (χ3n) is 11.7. The molecular weight excluding hydrogens is 855 g/mol. The minimum atomic E-state index is -0.892. The first-order valence-corrected chi connectivity index (χ1v) is 28.3. The van der Waals surface area contributed by atoms with Crippen LogP contribution in [0.3, 0.4) is 0 Å². The number of allylic oxidation sites excluding steroid dienone is 27. The standard InChI is InChI=1S/C66H105NO3/c1-3-5-7-9-11-13-15-17-19-21-23-24-25-26-27-28-29-30-31-32-33-34-35-36-37-38-39-40-41-42-44-46-48-50-52-54-56-58-60-62-66(70)67-64(63-68)65(69)61-59-57-55-53-51-49-47-45-43-22-20-18-16-14-12-10-8-6-4-2/h5,7,11,13,17,19,23-24,26-27,29-30,32-33,35-36,38-39,41-43,45-46,48,51,53,59,61,64-65,68-69H,3-4,6,8-10,12,14-16,18,20-22,25,28,31,34,37,40,44,47,49-50,52,54-58,60,62-63H2,1-2H3,(H,67,70)/b7-5-,13-11-,19-17-,24-23-,27-26-,30-29-,33-32-,36-35-,39-38-,42-41-,45-43+,48-46-,53-51+,61-59+. The van der Waals surface area contributed by atoms with Crippen molar-refractivity contribution in [2.45, 2.75) is 231 Å². The van der Waals surface area contributed by atoms with Crippen LogP contribution in [0.5, 0.6) is 0 Å². The molecule has 4 nitrogen and oxygen atoms in total. The third kappa shape index (κ3) is 54.7. The summed E-state index contributed by atoms with van der Waals surface area (Å²) in [6, 6.07) is -0.670. The number of aliphatic hydroxyl groups excluding tert-OH is 2. The van der Waals surface area contributed by atoms with E-state index in [-0.39, 0.29) is 12.5 Å². The number of rotatable bonds is 49. The lowest BCUT2D eigenvalue weighted by molar-refractivity contribution is -0.123. The molecule has 3 N–H and O–H groups in total. The fourth-order valence-electron chi connectivity index (χ4n) is 7.39. The van der Waals surface area contributed by atoms with Crippen LogP contribution in [0.1, 0.15) is 219 Å². The number of carbonyl (C=O) groups excluding carboxylic acids is 1. The Labute approximate surface area is 432 Å². The molecule has 0 saturated heterocycles. The summed E-state index contributed by atoms with van der Waals surface area (Å²) in [5.41, 5.74) is 0. The molecule has 0 heterocycles. The second kappa shape index (κ2) is 59.1. The molecule has 392 valence electrons. The number of aliphatic hydroxyl groups is 2. The van der Waals surface area contributed by atoms with Crippen molar-refractivity contribution in [2.75, 3.05) is 6.61 Å². The van der Waals surface area contributed by atoms with Gasteiger partial charge in [0.05, 0.1) is 18.8 Å². The van der Waals surface area contributed by atoms with E-state index < -0.39 is 12.1 Å². The molecule has 0 aliphatic rings. The molecule has 0 aromatic rings. The Balaban J connectivity index is 3.74. The highest BCUT2D eigenvalue weighted by Gasteiger charge is 2.17. The predicted octanol–water partition coefficient (Wildman–Crippen LogP) is 19.1. The Kier molecular flexibility index (Phi) is 55.5. The summed E-state index contributed by atoms with van der Waals surface area (Å²) >= 11 is 0. The maximum Gasteiger partial charge on any atom is 0.220 e. The molecule has 0 bridgehead atoms. The number of hydrogen-bond acceptors (Lipinski definition) is 3. The molecule has 0 radical (unpaired) electrons. The molecule has 0 fully saturated rings. The van der Waals surface area contributed by atoms with Crippen LogP contribution in [0.15, 0.2) is 170 Å². The van der Waals surface area contributed by atoms with Crippen molar-refractivity contribution in [3.05, 3.63) is 170 Å². The number of nitrogens with one attached hydrogen (secondary N) is 1. The van der Waals surface area contributed by atoms with Crippen LogP contribution < -0.4 is 5.32 Å². The minimum absolute atomic E-state index is 0.104. The summed E-state index contributed by atoms with van der Waals surface area (Å²) < 4.78 is 0. The van der Waals surface area contributed by atoms with E-state index in [0.717, 1.165) is 128 Å². The average molecular weight is 961 g/mol. The van der Waals surface area contributed by atoms with Crippen LogP contribution in [0.4, 0.5) is 0 Å². The van der Waals surface area contributed by atoms with Gasteiger partial charge in [-0.15, -0.1) is 0 Å². The normalized spacial score (nSPS) is 14.2. The average Bonchev–Trinajstić information content (AvgIpc) is 3.36. The molecule has 70 heavy (non-hydrogen) atoms. The van der Waals surface area contributed by atoms with Gasteiger partial charge in [0, 0.05) is 6.42 Å². The molecule has 0 spiro atoms. The zero-order valence-corrected chi connectivity index (χ0v) is 45.0. The Hall–Kier alpha value is -4.25. The lowest BCUT2D eigenvalue weighted by atomic mass is 10.1. The molecule has 0 aliphatic carbocycles. The Morgan fingerprint density at radius 3 is 1.00 bits per heavy atom. The smallest absolute Gasteiger partial charge is 0.220 e. The van der Waals surface area contributed by atoms with Crippen molar-refractivity contribution in [3.8, 4) is 0 Å². The summed E-state index contributed by atoms with van der Waals surface area (Å²) in [4.78, 5) is 12.5. The molecule has 4 heteroatoms. The van der Waals surface area contributed by atoms with Gasteiger partial charge < -0.3 is 15.5 Å². The maximum atomic E-state index is 12.5. The molecule has 0 aliphatic heterocycles. The van der Waals surface area contributed by atoms with E-state index >= 15 is 0 Å². The number of amides is 1. The zero-order valence-electron chi connectivity index (χ0n) is 45.0. The van der Waals surface area contributed by atoms with Gasteiger partial charge in [0.25, 0.3) is 0 Å². The first-order chi connectivity index (χ1) is 34.7. The molecule has 0 rings (SSSR count). The Bertz CT molecular complexity index is 1560. The van der Waals surface area contributed by atoms with E-state index in [4.69, 9.17) is 0 Å². The summed E-state index contributed by atoms with van der Waals surface area (Å²) in [5.74, 6) is -0.104. The van der Waals surface area contributed by atoms with Gasteiger partial charge in [0.2, 0.25) is 5.91 Å². The van der Waals surface area contributed by atoms with Crippen molar-refractivity contribution < 1.29 is 15.0 Å². The van der Waals surface area contributed by atoms with Gasteiger partial charge in [-0.3, -0.25) is 4.79 Å². The molecule has 1 amide bonds. The second-order valence-electron chi connectivity index (χ2n) is 18.2. The number of hydrogen-bond donors (Lipinski definition) is 3. The van der Waals surface area contributed by atoms with Gasteiger partial charge in [0.1, 0.15) is 0 Å². The van der Waals surface area contributed by atoms with E-state index in [1.165, 1.54) is 70.6 Å². The monoisotopic (exact) mass is 960 g/mol. The molecule has 2 atom stereocenters. The highest BCUT2D eigenvalue weighted by molar-refractivity contribution is 5.76.